The van der Waals surface area contributed by atoms with Gasteiger partial charge in [0.2, 0.25) is 0 Å². The summed E-state index contributed by atoms with van der Waals surface area (Å²) in [6, 6.07) is 11.9. The van der Waals surface area contributed by atoms with Crippen LogP contribution in [0.2, 0.25) is 0 Å². The summed E-state index contributed by atoms with van der Waals surface area (Å²) in [5.74, 6) is -0.453. The Kier molecular flexibility index (Phi) is 3.81. The van der Waals surface area contributed by atoms with E-state index < -0.39 is 5.97 Å². The first-order valence-electron chi connectivity index (χ1n) is 8.54. The fraction of sp³-hybridized carbons (Fsp3) is 0.300. The topological polar surface area (TPSA) is 66.0 Å². The van der Waals surface area contributed by atoms with Crippen molar-refractivity contribution in [3.05, 3.63) is 53.7 Å². The molecule has 2 heterocycles. The number of nitrogens with one attached hydrogen (secondary N) is 1. The zero-order valence-electron chi connectivity index (χ0n) is 13.5. The van der Waals surface area contributed by atoms with Crippen molar-refractivity contribution < 1.29 is 9.90 Å². The Balaban J connectivity index is 1.93. The minimum absolute atomic E-state index is 0.221. The van der Waals surface area contributed by atoms with E-state index in [4.69, 9.17) is 0 Å². The standard InChI is InChI=1S/C20H20N2O2/c23-20(24)15-11-16-19(21-12-15)17(13-7-3-1-4-8-13)18(22-16)14-9-5-2-6-10-14/h2,5-6,9-13,22H,1,3-4,7-8H2,(H,23,24). The zero-order valence-corrected chi connectivity index (χ0v) is 13.5. The molecule has 1 saturated carbocycles. The summed E-state index contributed by atoms with van der Waals surface area (Å²) in [7, 11) is 0. The number of carboxylic acids is 1. The quantitative estimate of drug-likeness (QED) is 0.715. The van der Waals surface area contributed by atoms with Gasteiger partial charge in [-0.15, -0.1) is 0 Å². The number of benzene rings is 1. The fourth-order valence-electron chi connectivity index (χ4n) is 3.83. The van der Waals surface area contributed by atoms with Crippen LogP contribution in [0.1, 0.15) is 53.9 Å². The van der Waals surface area contributed by atoms with Gasteiger partial charge in [0.25, 0.3) is 0 Å². The molecule has 0 unspecified atom stereocenters. The van der Waals surface area contributed by atoms with Crippen LogP contribution >= 0.6 is 0 Å². The van der Waals surface area contributed by atoms with Gasteiger partial charge in [0.05, 0.1) is 22.3 Å². The third kappa shape index (κ3) is 2.58. The van der Waals surface area contributed by atoms with Crippen LogP contribution in [-0.2, 0) is 0 Å². The number of aromatic amines is 1. The molecule has 0 aliphatic heterocycles. The lowest BCUT2D eigenvalue weighted by atomic mass is 9.82. The average molecular weight is 320 g/mol. The molecular formula is C20H20N2O2. The maximum atomic E-state index is 11.3. The van der Waals surface area contributed by atoms with E-state index in [2.05, 4.69) is 22.1 Å². The maximum Gasteiger partial charge on any atom is 0.337 e. The van der Waals surface area contributed by atoms with E-state index in [1.165, 1.54) is 43.9 Å². The summed E-state index contributed by atoms with van der Waals surface area (Å²) in [5.41, 5.74) is 5.44. The molecule has 2 aromatic heterocycles. The predicted octanol–water partition coefficient (Wildman–Crippen LogP) is 4.98. The van der Waals surface area contributed by atoms with Gasteiger partial charge in [0, 0.05) is 11.8 Å². The molecule has 0 bridgehead atoms. The summed E-state index contributed by atoms with van der Waals surface area (Å²) in [6.07, 6.45) is 7.62. The fourth-order valence-corrected chi connectivity index (χ4v) is 3.83. The van der Waals surface area contributed by atoms with Crippen LogP contribution in [0.15, 0.2) is 42.6 Å². The third-order valence-corrected chi connectivity index (χ3v) is 4.99. The number of aromatic carboxylic acids is 1. The highest BCUT2D eigenvalue weighted by molar-refractivity contribution is 5.95. The van der Waals surface area contributed by atoms with Crippen molar-refractivity contribution in [2.24, 2.45) is 0 Å². The second-order valence-electron chi connectivity index (χ2n) is 6.54. The Morgan fingerprint density at radius 2 is 1.88 bits per heavy atom. The maximum absolute atomic E-state index is 11.3. The minimum Gasteiger partial charge on any atom is -0.478 e. The van der Waals surface area contributed by atoms with E-state index in [0.717, 1.165) is 22.3 Å². The van der Waals surface area contributed by atoms with Crippen molar-refractivity contribution in [2.45, 2.75) is 38.0 Å². The smallest absolute Gasteiger partial charge is 0.337 e. The summed E-state index contributed by atoms with van der Waals surface area (Å²) < 4.78 is 0. The molecule has 0 amide bonds. The molecule has 4 nitrogen and oxygen atoms in total. The van der Waals surface area contributed by atoms with Gasteiger partial charge in [-0.25, -0.2) is 4.79 Å². The van der Waals surface area contributed by atoms with Gasteiger partial charge in [-0.1, -0.05) is 49.6 Å². The van der Waals surface area contributed by atoms with Crippen LogP contribution < -0.4 is 0 Å². The molecule has 3 aromatic rings. The molecular weight excluding hydrogens is 300 g/mol. The monoisotopic (exact) mass is 320 g/mol. The number of H-pyrrole nitrogens is 1. The van der Waals surface area contributed by atoms with E-state index >= 15 is 0 Å². The van der Waals surface area contributed by atoms with Crippen LogP contribution in [0.5, 0.6) is 0 Å². The van der Waals surface area contributed by atoms with Gasteiger partial charge >= 0.3 is 5.97 Å². The van der Waals surface area contributed by atoms with Gasteiger partial charge in [-0.2, -0.15) is 0 Å². The highest BCUT2D eigenvalue weighted by Gasteiger charge is 2.24. The van der Waals surface area contributed by atoms with Crippen molar-refractivity contribution in [1.29, 1.82) is 0 Å². The largest absolute Gasteiger partial charge is 0.478 e. The number of nitrogens with zero attached hydrogens (tertiary/aromatic N) is 1. The van der Waals surface area contributed by atoms with E-state index in [9.17, 15) is 9.90 Å². The van der Waals surface area contributed by atoms with Crippen molar-refractivity contribution in [3.8, 4) is 11.3 Å². The van der Waals surface area contributed by atoms with Crippen LogP contribution in [0, 0.1) is 0 Å². The van der Waals surface area contributed by atoms with Gasteiger partial charge in [-0.3, -0.25) is 4.98 Å². The first-order chi connectivity index (χ1) is 11.7. The number of pyridine rings is 1. The number of aromatic nitrogens is 2. The molecule has 4 rings (SSSR count). The zero-order chi connectivity index (χ0) is 16.5. The van der Waals surface area contributed by atoms with Crippen LogP contribution in [0.4, 0.5) is 0 Å². The second kappa shape index (κ2) is 6.11. The van der Waals surface area contributed by atoms with Crippen molar-refractivity contribution in [3.63, 3.8) is 0 Å². The highest BCUT2D eigenvalue weighted by atomic mass is 16.4. The Morgan fingerprint density at radius 3 is 2.58 bits per heavy atom. The molecule has 0 radical (unpaired) electrons. The van der Waals surface area contributed by atoms with E-state index in [-0.39, 0.29) is 5.56 Å². The highest BCUT2D eigenvalue weighted by Crippen LogP contribution is 2.41. The number of carboxylic acid groups (broad SMARTS) is 1. The Hall–Kier alpha value is -2.62. The number of fused-ring (bicyclic) bond motifs is 1. The second-order valence-corrected chi connectivity index (χ2v) is 6.54. The SMILES string of the molecule is O=C(O)c1cnc2c(C3CCCCC3)c(-c3ccccc3)[nH]c2c1. The molecule has 0 spiro atoms. The normalized spacial score (nSPS) is 15.7. The lowest BCUT2D eigenvalue weighted by Crippen LogP contribution is -2.06. The molecule has 1 aromatic carbocycles. The molecule has 2 N–H and O–H groups in total. The summed E-state index contributed by atoms with van der Waals surface area (Å²) in [4.78, 5) is 19.2. The molecule has 1 fully saturated rings. The average Bonchev–Trinajstić information content (AvgIpc) is 3.01. The first-order valence-corrected chi connectivity index (χ1v) is 8.54. The molecule has 4 heteroatoms. The van der Waals surface area contributed by atoms with Gasteiger partial charge in [0.1, 0.15) is 0 Å². The van der Waals surface area contributed by atoms with Crippen molar-refractivity contribution in [1.82, 2.24) is 9.97 Å². The lowest BCUT2D eigenvalue weighted by Gasteiger charge is -2.22. The molecule has 122 valence electrons. The molecule has 0 saturated heterocycles. The minimum atomic E-state index is -0.945. The van der Waals surface area contributed by atoms with Crippen LogP contribution in [0.3, 0.4) is 0 Å². The Labute approximate surface area is 140 Å². The lowest BCUT2D eigenvalue weighted by molar-refractivity contribution is 0.0696. The van der Waals surface area contributed by atoms with Gasteiger partial charge < -0.3 is 10.1 Å². The van der Waals surface area contributed by atoms with E-state index in [1.807, 2.05) is 18.2 Å². The van der Waals surface area contributed by atoms with Crippen LogP contribution in [0.25, 0.3) is 22.3 Å². The Morgan fingerprint density at radius 1 is 1.12 bits per heavy atom. The van der Waals surface area contributed by atoms with E-state index in [0.29, 0.717) is 5.92 Å². The number of hydrogen-bond acceptors (Lipinski definition) is 2. The number of hydrogen-bond donors (Lipinski definition) is 2. The van der Waals surface area contributed by atoms with Gasteiger partial charge in [0.15, 0.2) is 0 Å². The van der Waals surface area contributed by atoms with E-state index in [1.54, 1.807) is 6.07 Å². The molecule has 1 aliphatic carbocycles. The van der Waals surface area contributed by atoms with Gasteiger partial charge in [-0.05, 0) is 30.4 Å². The Bertz CT molecular complexity index is 877. The third-order valence-electron chi connectivity index (χ3n) is 4.99. The summed E-state index contributed by atoms with van der Waals surface area (Å²) >= 11 is 0. The summed E-state index contributed by atoms with van der Waals surface area (Å²) in [5, 5.41) is 9.23. The van der Waals surface area contributed by atoms with Crippen LogP contribution in [-0.4, -0.2) is 21.0 Å². The van der Waals surface area contributed by atoms with Crippen molar-refractivity contribution in [2.75, 3.05) is 0 Å². The molecule has 1 aliphatic rings. The molecule has 0 atom stereocenters. The predicted molar refractivity (Wildman–Crippen MR) is 94.3 cm³/mol. The van der Waals surface area contributed by atoms with Crippen molar-refractivity contribution >= 4 is 17.0 Å². The summed E-state index contributed by atoms with van der Waals surface area (Å²) in [6.45, 7) is 0. The number of rotatable bonds is 3. The first kappa shape index (κ1) is 14.9. The molecule has 24 heavy (non-hydrogen) atoms. The number of carbonyl (C=O) groups is 1.